The van der Waals surface area contributed by atoms with Crippen LogP contribution in [0.15, 0.2) is 0 Å². The number of anilines is 1. The Kier molecular flexibility index (Phi) is 4.51. The van der Waals surface area contributed by atoms with Crippen LogP contribution >= 0.6 is 11.3 Å². The SMILES string of the molecule is CCOC(=O)c1sc2nc(C)nc(NCCO)c2c1C. The lowest BCUT2D eigenvalue weighted by Gasteiger charge is -2.06. The lowest BCUT2D eigenvalue weighted by atomic mass is 10.2. The predicted octanol–water partition coefficient (Wildman–Crippen LogP) is 1.89. The molecule has 0 aliphatic heterocycles. The van der Waals surface area contributed by atoms with E-state index < -0.39 is 0 Å². The van der Waals surface area contributed by atoms with Crippen LogP contribution in [0, 0.1) is 13.8 Å². The highest BCUT2D eigenvalue weighted by atomic mass is 32.1. The summed E-state index contributed by atoms with van der Waals surface area (Å²) in [5, 5.41) is 12.8. The highest BCUT2D eigenvalue weighted by Crippen LogP contribution is 2.34. The number of aryl methyl sites for hydroxylation is 2. The van der Waals surface area contributed by atoms with Crippen molar-refractivity contribution < 1.29 is 14.6 Å². The van der Waals surface area contributed by atoms with Crippen molar-refractivity contribution in [3.05, 3.63) is 16.3 Å². The van der Waals surface area contributed by atoms with E-state index in [2.05, 4.69) is 15.3 Å². The van der Waals surface area contributed by atoms with Crippen molar-refractivity contribution in [3.63, 3.8) is 0 Å². The number of esters is 1. The predicted molar refractivity (Wildman–Crippen MR) is 78.4 cm³/mol. The van der Waals surface area contributed by atoms with Crippen LogP contribution in [0.5, 0.6) is 0 Å². The zero-order valence-corrected chi connectivity index (χ0v) is 12.5. The van der Waals surface area contributed by atoms with Gasteiger partial charge in [-0.25, -0.2) is 14.8 Å². The number of aromatic nitrogens is 2. The Labute approximate surface area is 120 Å². The van der Waals surface area contributed by atoms with Crippen LogP contribution in [0.4, 0.5) is 5.82 Å². The van der Waals surface area contributed by atoms with Crippen LogP contribution in [0.3, 0.4) is 0 Å². The molecular weight excluding hydrogens is 278 g/mol. The second-order valence-corrected chi connectivity index (χ2v) is 5.23. The Morgan fingerprint density at radius 2 is 2.15 bits per heavy atom. The summed E-state index contributed by atoms with van der Waals surface area (Å²) < 4.78 is 5.05. The normalized spacial score (nSPS) is 10.8. The molecule has 0 saturated heterocycles. The Morgan fingerprint density at radius 1 is 1.40 bits per heavy atom. The fourth-order valence-electron chi connectivity index (χ4n) is 1.94. The number of aliphatic hydroxyl groups is 1. The molecule has 2 N–H and O–H groups in total. The molecule has 2 rings (SSSR count). The fourth-order valence-corrected chi connectivity index (χ4v) is 3.06. The third-order valence-electron chi connectivity index (χ3n) is 2.77. The molecule has 0 aromatic carbocycles. The zero-order valence-electron chi connectivity index (χ0n) is 11.7. The highest BCUT2D eigenvalue weighted by molar-refractivity contribution is 7.20. The zero-order chi connectivity index (χ0) is 14.7. The van der Waals surface area contributed by atoms with Gasteiger partial charge in [0.1, 0.15) is 21.3 Å². The lowest BCUT2D eigenvalue weighted by molar-refractivity contribution is 0.0531. The van der Waals surface area contributed by atoms with Gasteiger partial charge < -0.3 is 15.2 Å². The molecule has 108 valence electrons. The molecule has 0 atom stereocenters. The maximum absolute atomic E-state index is 11.9. The van der Waals surface area contributed by atoms with E-state index in [0.717, 1.165) is 15.8 Å². The number of carbonyl (C=O) groups excluding carboxylic acids is 1. The Bertz CT molecular complexity index is 639. The topological polar surface area (TPSA) is 84.3 Å². The van der Waals surface area contributed by atoms with E-state index >= 15 is 0 Å². The fraction of sp³-hybridized carbons (Fsp3) is 0.462. The van der Waals surface area contributed by atoms with Crippen molar-refractivity contribution in [2.45, 2.75) is 20.8 Å². The maximum atomic E-state index is 11.9. The molecule has 7 heteroatoms. The monoisotopic (exact) mass is 295 g/mol. The van der Waals surface area contributed by atoms with Crippen molar-refractivity contribution in [1.29, 1.82) is 0 Å². The molecule has 2 aromatic rings. The first-order chi connectivity index (χ1) is 9.58. The number of hydrogen-bond acceptors (Lipinski definition) is 7. The molecule has 0 unspecified atom stereocenters. The molecule has 0 saturated carbocycles. The quantitative estimate of drug-likeness (QED) is 0.819. The van der Waals surface area contributed by atoms with E-state index in [1.165, 1.54) is 11.3 Å². The largest absolute Gasteiger partial charge is 0.462 e. The molecule has 2 aromatic heterocycles. The smallest absolute Gasteiger partial charge is 0.348 e. The number of hydrogen-bond donors (Lipinski definition) is 2. The lowest BCUT2D eigenvalue weighted by Crippen LogP contribution is -2.08. The Hall–Kier alpha value is -1.73. The first kappa shape index (κ1) is 14.7. The van der Waals surface area contributed by atoms with Crippen molar-refractivity contribution in [3.8, 4) is 0 Å². The molecule has 0 aliphatic rings. The minimum atomic E-state index is -0.334. The number of rotatable bonds is 5. The van der Waals surface area contributed by atoms with Gasteiger partial charge in [0.2, 0.25) is 0 Å². The van der Waals surface area contributed by atoms with E-state index in [1.807, 2.05) is 6.92 Å². The van der Waals surface area contributed by atoms with Gasteiger partial charge in [0.15, 0.2) is 0 Å². The molecule has 0 amide bonds. The van der Waals surface area contributed by atoms with E-state index in [1.54, 1.807) is 13.8 Å². The first-order valence-electron chi connectivity index (χ1n) is 6.38. The molecule has 0 spiro atoms. The van der Waals surface area contributed by atoms with Gasteiger partial charge >= 0.3 is 5.97 Å². The summed E-state index contributed by atoms with van der Waals surface area (Å²) in [6.07, 6.45) is 0. The molecular formula is C13H17N3O3S. The molecule has 0 bridgehead atoms. The second-order valence-electron chi connectivity index (χ2n) is 4.23. The third kappa shape index (κ3) is 2.73. The average molecular weight is 295 g/mol. The summed E-state index contributed by atoms with van der Waals surface area (Å²) in [6, 6.07) is 0. The molecule has 20 heavy (non-hydrogen) atoms. The minimum absolute atomic E-state index is 0.0124. The standard InChI is InChI=1S/C13H17N3O3S/c1-4-19-13(18)10-7(2)9-11(14-5-6-17)15-8(3)16-12(9)20-10/h17H,4-6H2,1-3H3,(H,14,15,16). The van der Waals surface area contributed by atoms with Gasteiger partial charge in [-0.3, -0.25) is 0 Å². The van der Waals surface area contributed by atoms with Crippen LogP contribution in [0.1, 0.15) is 28.0 Å². The first-order valence-corrected chi connectivity index (χ1v) is 7.19. The van der Waals surface area contributed by atoms with Crippen molar-refractivity contribution in [2.24, 2.45) is 0 Å². The van der Waals surface area contributed by atoms with Gasteiger partial charge in [0.05, 0.1) is 18.6 Å². The molecule has 0 radical (unpaired) electrons. The number of fused-ring (bicyclic) bond motifs is 1. The van der Waals surface area contributed by atoms with Gasteiger partial charge in [-0.1, -0.05) is 0 Å². The summed E-state index contributed by atoms with van der Waals surface area (Å²) in [7, 11) is 0. The van der Waals surface area contributed by atoms with Crippen LogP contribution < -0.4 is 5.32 Å². The van der Waals surface area contributed by atoms with Gasteiger partial charge in [-0.2, -0.15) is 0 Å². The van der Waals surface area contributed by atoms with Crippen molar-refractivity contribution >= 4 is 33.3 Å². The second kappa shape index (κ2) is 6.15. The minimum Gasteiger partial charge on any atom is -0.462 e. The maximum Gasteiger partial charge on any atom is 0.348 e. The summed E-state index contributed by atoms with van der Waals surface area (Å²) >= 11 is 1.31. The summed E-state index contributed by atoms with van der Waals surface area (Å²) in [5.41, 5.74) is 0.809. The number of nitrogens with zero attached hydrogens (tertiary/aromatic N) is 2. The summed E-state index contributed by atoms with van der Waals surface area (Å²) in [5.74, 6) is 0.930. The Morgan fingerprint density at radius 3 is 2.80 bits per heavy atom. The van der Waals surface area contributed by atoms with Crippen LogP contribution in [0.2, 0.25) is 0 Å². The molecule has 6 nitrogen and oxygen atoms in total. The molecule has 2 heterocycles. The van der Waals surface area contributed by atoms with Crippen LogP contribution in [-0.4, -0.2) is 40.8 Å². The highest BCUT2D eigenvalue weighted by Gasteiger charge is 2.20. The number of aliphatic hydroxyl groups excluding tert-OH is 1. The van der Waals surface area contributed by atoms with E-state index in [9.17, 15) is 4.79 Å². The van der Waals surface area contributed by atoms with Gasteiger partial charge in [-0.05, 0) is 26.3 Å². The molecule has 0 fully saturated rings. The van der Waals surface area contributed by atoms with Crippen molar-refractivity contribution in [2.75, 3.05) is 25.1 Å². The number of carbonyl (C=O) groups is 1. The Balaban J connectivity index is 2.55. The van der Waals surface area contributed by atoms with Gasteiger partial charge in [-0.15, -0.1) is 11.3 Å². The molecule has 0 aliphatic carbocycles. The van der Waals surface area contributed by atoms with E-state index in [4.69, 9.17) is 9.84 Å². The van der Waals surface area contributed by atoms with Gasteiger partial charge in [0.25, 0.3) is 0 Å². The summed E-state index contributed by atoms with van der Waals surface area (Å²) in [6.45, 7) is 6.18. The van der Waals surface area contributed by atoms with Crippen LogP contribution in [-0.2, 0) is 4.74 Å². The van der Waals surface area contributed by atoms with Crippen molar-refractivity contribution in [1.82, 2.24) is 9.97 Å². The van der Waals surface area contributed by atoms with E-state index in [0.29, 0.717) is 29.7 Å². The van der Waals surface area contributed by atoms with E-state index in [-0.39, 0.29) is 12.6 Å². The van der Waals surface area contributed by atoms with Crippen LogP contribution in [0.25, 0.3) is 10.2 Å². The summed E-state index contributed by atoms with van der Waals surface area (Å²) in [4.78, 5) is 21.9. The third-order valence-corrected chi connectivity index (χ3v) is 3.93. The number of nitrogens with one attached hydrogen (secondary N) is 1. The number of thiophene rings is 1. The number of ether oxygens (including phenoxy) is 1. The average Bonchev–Trinajstić information content (AvgIpc) is 2.73. The van der Waals surface area contributed by atoms with Gasteiger partial charge in [0, 0.05) is 6.54 Å².